The molecule has 1 aliphatic rings. The maximum absolute atomic E-state index is 10.9. The highest BCUT2D eigenvalue weighted by Gasteiger charge is 2.43. The van der Waals surface area contributed by atoms with Gasteiger partial charge in [-0.1, -0.05) is 51.0 Å². The Labute approximate surface area is 169 Å². The van der Waals surface area contributed by atoms with Crippen molar-refractivity contribution in [1.82, 2.24) is 0 Å². The van der Waals surface area contributed by atoms with Crippen molar-refractivity contribution in [3.05, 3.63) is 35.4 Å². The molecule has 0 aliphatic heterocycles. The number of unbranched alkanes of at least 4 members (excludes halogenated alkanes) is 2. The molecule has 1 fully saturated rings. The Hall–Kier alpha value is -1.84. The lowest BCUT2D eigenvalue weighted by Gasteiger charge is -2.22. The number of carbonyl (C=O) groups is 2. The lowest BCUT2D eigenvalue weighted by Crippen LogP contribution is -2.16. The van der Waals surface area contributed by atoms with Gasteiger partial charge >= 0.3 is 11.9 Å². The second kappa shape index (κ2) is 10.1. The van der Waals surface area contributed by atoms with E-state index in [-0.39, 0.29) is 17.3 Å². The summed E-state index contributed by atoms with van der Waals surface area (Å²) in [5.41, 5.74) is 2.71. The topological polar surface area (TPSA) is 74.6 Å². The van der Waals surface area contributed by atoms with Gasteiger partial charge in [-0.25, -0.2) is 0 Å². The van der Waals surface area contributed by atoms with E-state index in [2.05, 4.69) is 24.3 Å². The summed E-state index contributed by atoms with van der Waals surface area (Å²) in [5, 5.41) is 18.0. The van der Waals surface area contributed by atoms with Gasteiger partial charge in [-0.15, -0.1) is 0 Å². The van der Waals surface area contributed by atoms with E-state index >= 15 is 0 Å². The summed E-state index contributed by atoms with van der Waals surface area (Å²) >= 11 is 0. The predicted molar refractivity (Wildman–Crippen MR) is 112 cm³/mol. The van der Waals surface area contributed by atoms with E-state index in [1.165, 1.54) is 11.1 Å². The summed E-state index contributed by atoms with van der Waals surface area (Å²) in [5.74, 6) is -1.37. The van der Waals surface area contributed by atoms with Gasteiger partial charge < -0.3 is 10.2 Å². The molecule has 1 aromatic rings. The molecule has 0 radical (unpaired) electrons. The van der Waals surface area contributed by atoms with Crippen LogP contribution in [0.5, 0.6) is 0 Å². The second-order valence-electron chi connectivity index (χ2n) is 9.54. The Balaban J connectivity index is 1.66. The van der Waals surface area contributed by atoms with Crippen LogP contribution in [-0.4, -0.2) is 22.2 Å². The highest BCUT2D eigenvalue weighted by Crippen LogP contribution is 2.52. The average Bonchev–Trinajstić information content (AvgIpc) is 3.34. The largest absolute Gasteiger partial charge is 0.481 e. The summed E-state index contributed by atoms with van der Waals surface area (Å²) in [4.78, 5) is 21.8. The van der Waals surface area contributed by atoms with Gasteiger partial charge in [0.2, 0.25) is 0 Å². The first-order chi connectivity index (χ1) is 13.2. The van der Waals surface area contributed by atoms with E-state index in [0.29, 0.717) is 6.42 Å². The molecule has 2 rings (SSSR count). The fourth-order valence-electron chi connectivity index (χ4n) is 4.21. The fraction of sp³-hybridized carbons (Fsp3) is 0.667. The molecule has 0 atom stereocenters. The molecule has 0 unspecified atom stereocenters. The van der Waals surface area contributed by atoms with Crippen LogP contribution in [0, 0.1) is 10.8 Å². The van der Waals surface area contributed by atoms with E-state index < -0.39 is 11.9 Å². The Morgan fingerprint density at radius 3 is 2.11 bits per heavy atom. The first kappa shape index (κ1) is 22.4. The maximum atomic E-state index is 10.9. The lowest BCUT2D eigenvalue weighted by atomic mass is 9.83. The van der Waals surface area contributed by atoms with Crippen LogP contribution in [-0.2, 0) is 22.4 Å². The van der Waals surface area contributed by atoms with Crippen molar-refractivity contribution >= 4 is 11.9 Å². The van der Waals surface area contributed by atoms with Crippen LogP contribution >= 0.6 is 0 Å². The van der Waals surface area contributed by atoms with E-state index in [0.717, 1.165) is 64.2 Å². The molecule has 28 heavy (non-hydrogen) atoms. The standard InChI is InChI=1S/C24H36O4/c1-23(2,17-21(25)26)12-5-3-8-19-10-7-11-20(16-19)9-4-6-13-24(14-15-24)18-22(27)28/h7,10-11,16H,3-6,8-9,12-15,17-18H2,1-2H3,(H,25,26)(H,27,28). The third kappa shape index (κ3) is 8.45. The molecule has 0 bridgehead atoms. The van der Waals surface area contributed by atoms with Gasteiger partial charge in [0.05, 0.1) is 12.8 Å². The Morgan fingerprint density at radius 1 is 0.964 bits per heavy atom. The molecule has 1 saturated carbocycles. The summed E-state index contributed by atoms with van der Waals surface area (Å²) in [7, 11) is 0. The van der Waals surface area contributed by atoms with Crippen LogP contribution in [0.15, 0.2) is 24.3 Å². The number of hydrogen-bond donors (Lipinski definition) is 2. The highest BCUT2D eigenvalue weighted by atomic mass is 16.4. The van der Waals surface area contributed by atoms with Crippen LogP contribution in [0.4, 0.5) is 0 Å². The minimum Gasteiger partial charge on any atom is -0.481 e. The van der Waals surface area contributed by atoms with Crippen molar-refractivity contribution in [2.45, 2.75) is 90.9 Å². The van der Waals surface area contributed by atoms with Gasteiger partial charge in [-0.2, -0.15) is 0 Å². The van der Waals surface area contributed by atoms with Gasteiger partial charge in [0, 0.05) is 0 Å². The van der Waals surface area contributed by atoms with Gasteiger partial charge in [-0.05, 0) is 73.3 Å². The smallest absolute Gasteiger partial charge is 0.303 e. The molecular weight excluding hydrogens is 352 g/mol. The van der Waals surface area contributed by atoms with Crippen molar-refractivity contribution in [3.8, 4) is 0 Å². The van der Waals surface area contributed by atoms with E-state index in [1.807, 2.05) is 13.8 Å². The number of benzene rings is 1. The van der Waals surface area contributed by atoms with Crippen molar-refractivity contribution in [3.63, 3.8) is 0 Å². The van der Waals surface area contributed by atoms with Crippen LogP contribution in [0.2, 0.25) is 0 Å². The zero-order valence-corrected chi connectivity index (χ0v) is 17.5. The zero-order valence-electron chi connectivity index (χ0n) is 17.5. The van der Waals surface area contributed by atoms with E-state index in [4.69, 9.17) is 10.2 Å². The molecule has 0 heterocycles. The molecule has 0 amide bonds. The maximum Gasteiger partial charge on any atom is 0.303 e. The van der Waals surface area contributed by atoms with Crippen molar-refractivity contribution in [1.29, 1.82) is 0 Å². The highest BCUT2D eigenvalue weighted by molar-refractivity contribution is 5.68. The monoisotopic (exact) mass is 388 g/mol. The Kier molecular flexibility index (Phi) is 8.09. The minimum absolute atomic E-state index is 0.113. The van der Waals surface area contributed by atoms with Gasteiger partial charge in [0.15, 0.2) is 0 Å². The second-order valence-corrected chi connectivity index (χ2v) is 9.54. The first-order valence-electron chi connectivity index (χ1n) is 10.7. The third-order valence-corrected chi connectivity index (χ3v) is 6.10. The van der Waals surface area contributed by atoms with Gasteiger partial charge in [0.1, 0.15) is 0 Å². The number of hydrogen-bond acceptors (Lipinski definition) is 2. The molecule has 0 saturated heterocycles. The molecule has 1 aliphatic carbocycles. The van der Waals surface area contributed by atoms with Crippen molar-refractivity contribution in [2.75, 3.05) is 0 Å². The quantitative estimate of drug-likeness (QED) is 0.391. The number of rotatable bonds is 14. The van der Waals surface area contributed by atoms with Crippen molar-refractivity contribution in [2.24, 2.45) is 10.8 Å². The lowest BCUT2D eigenvalue weighted by molar-refractivity contribution is -0.140. The number of carboxylic acid groups (broad SMARTS) is 2. The molecule has 4 nitrogen and oxygen atoms in total. The summed E-state index contributed by atoms with van der Waals surface area (Å²) in [6.07, 6.45) is 11.2. The summed E-state index contributed by atoms with van der Waals surface area (Å²) < 4.78 is 0. The molecule has 0 aromatic heterocycles. The first-order valence-corrected chi connectivity index (χ1v) is 10.7. The Morgan fingerprint density at radius 2 is 1.57 bits per heavy atom. The predicted octanol–water partition coefficient (Wildman–Crippen LogP) is 5.87. The normalized spacial score (nSPS) is 15.4. The molecule has 4 heteroatoms. The molecular formula is C24H36O4. The van der Waals surface area contributed by atoms with Gasteiger partial charge in [-0.3, -0.25) is 9.59 Å². The molecule has 156 valence electrons. The molecule has 2 N–H and O–H groups in total. The van der Waals surface area contributed by atoms with E-state index in [1.54, 1.807) is 0 Å². The van der Waals surface area contributed by atoms with Crippen LogP contribution < -0.4 is 0 Å². The Bertz CT molecular complexity index is 617. The molecule has 0 spiro atoms. The average molecular weight is 389 g/mol. The number of aryl methyl sites for hydroxylation is 2. The summed E-state index contributed by atoms with van der Waals surface area (Å²) in [6, 6.07) is 8.79. The van der Waals surface area contributed by atoms with E-state index in [9.17, 15) is 9.59 Å². The van der Waals surface area contributed by atoms with Gasteiger partial charge in [0.25, 0.3) is 0 Å². The van der Waals surface area contributed by atoms with Crippen LogP contribution in [0.1, 0.15) is 89.2 Å². The summed E-state index contributed by atoms with van der Waals surface area (Å²) in [6.45, 7) is 4.06. The minimum atomic E-state index is -0.715. The van der Waals surface area contributed by atoms with Crippen LogP contribution in [0.3, 0.4) is 0 Å². The molecule has 1 aromatic carbocycles. The zero-order chi connectivity index (χ0) is 20.6. The SMILES string of the molecule is CC(C)(CCCCc1cccc(CCCCC2(CC(=O)O)CC2)c1)CC(=O)O. The van der Waals surface area contributed by atoms with Crippen LogP contribution in [0.25, 0.3) is 0 Å². The fourth-order valence-corrected chi connectivity index (χ4v) is 4.21. The van der Waals surface area contributed by atoms with Crippen molar-refractivity contribution < 1.29 is 19.8 Å². The number of carboxylic acids is 2. The number of aliphatic carboxylic acids is 2. The third-order valence-electron chi connectivity index (χ3n) is 6.10.